The van der Waals surface area contributed by atoms with Crippen molar-refractivity contribution in [3.05, 3.63) is 23.8 Å². The molecule has 0 bridgehead atoms. The van der Waals surface area contributed by atoms with Gasteiger partial charge in [-0.1, -0.05) is 0 Å². The normalized spacial score (nSPS) is 18.2. The molecule has 1 aliphatic rings. The molecule has 6 nitrogen and oxygen atoms in total. The molecule has 98 valence electrons. The number of amides is 2. The lowest BCUT2D eigenvalue weighted by molar-refractivity contribution is -0.123. The van der Waals surface area contributed by atoms with Crippen LogP contribution in [-0.4, -0.2) is 25.5 Å². The molecular weight excluding hydrogens is 246 g/mol. The maximum absolute atomic E-state index is 11.9. The zero-order valence-corrected chi connectivity index (χ0v) is 10.4. The molecule has 1 saturated heterocycles. The first-order chi connectivity index (χ1) is 9.06. The van der Waals surface area contributed by atoms with E-state index in [1.54, 1.807) is 18.2 Å². The van der Waals surface area contributed by atoms with Crippen molar-refractivity contribution >= 4 is 17.5 Å². The van der Waals surface area contributed by atoms with E-state index in [0.29, 0.717) is 17.0 Å². The van der Waals surface area contributed by atoms with Gasteiger partial charge in [0.25, 0.3) is 0 Å². The van der Waals surface area contributed by atoms with E-state index >= 15 is 0 Å². The Kier molecular flexibility index (Phi) is 3.38. The summed E-state index contributed by atoms with van der Waals surface area (Å²) in [6, 6.07) is 6.86. The van der Waals surface area contributed by atoms with E-state index in [1.165, 1.54) is 12.0 Å². The van der Waals surface area contributed by atoms with Crippen molar-refractivity contribution < 1.29 is 14.3 Å². The lowest BCUT2D eigenvalue weighted by Crippen LogP contribution is -2.28. The van der Waals surface area contributed by atoms with Gasteiger partial charge in [0.05, 0.1) is 24.3 Å². The van der Waals surface area contributed by atoms with Crippen LogP contribution in [-0.2, 0) is 9.59 Å². The second-order valence-corrected chi connectivity index (χ2v) is 4.30. The number of primary amides is 1. The highest BCUT2D eigenvalue weighted by Crippen LogP contribution is 2.30. The molecule has 0 spiro atoms. The van der Waals surface area contributed by atoms with E-state index in [4.69, 9.17) is 15.7 Å². The van der Waals surface area contributed by atoms with Gasteiger partial charge in [0, 0.05) is 19.0 Å². The largest absolute Gasteiger partial charge is 0.497 e. The number of carbonyl (C=O) groups is 2. The maximum atomic E-state index is 11.9. The number of nitrogens with two attached hydrogens (primary N) is 1. The van der Waals surface area contributed by atoms with Crippen LogP contribution in [0.25, 0.3) is 0 Å². The fourth-order valence-electron chi connectivity index (χ4n) is 2.09. The van der Waals surface area contributed by atoms with E-state index in [-0.39, 0.29) is 18.9 Å². The highest BCUT2D eigenvalue weighted by molar-refractivity contribution is 6.01. The Morgan fingerprint density at radius 3 is 2.84 bits per heavy atom. The molecule has 0 saturated carbocycles. The number of hydrogen-bond acceptors (Lipinski definition) is 4. The van der Waals surface area contributed by atoms with Crippen LogP contribution in [0.3, 0.4) is 0 Å². The lowest BCUT2D eigenvalue weighted by Gasteiger charge is -2.18. The van der Waals surface area contributed by atoms with Gasteiger partial charge in [-0.3, -0.25) is 9.59 Å². The van der Waals surface area contributed by atoms with Crippen LogP contribution in [0.2, 0.25) is 0 Å². The van der Waals surface area contributed by atoms with Gasteiger partial charge in [-0.15, -0.1) is 0 Å². The van der Waals surface area contributed by atoms with Crippen molar-refractivity contribution in [2.75, 3.05) is 18.6 Å². The van der Waals surface area contributed by atoms with Crippen molar-refractivity contribution in [3.8, 4) is 11.8 Å². The third kappa shape index (κ3) is 2.36. The molecule has 2 N–H and O–H groups in total. The Bertz CT molecular complexity index is 577. The molecule has 1 heterocycles. The highest BCUT2D eigenvalue weighted by atomic mass is 16.5. The Labute approximate surface area is 110 Å². The molecule has 1 unspecified atom stereocenters. The Hall–Kier alpha value is -2.55. The van der Waals surface area contributed by atoms with E-state index in [2.05, 4.69) is 0 Å². The number of hydrogen-bond donors (Lipinski definition) is 1. The lowest BCUT2D eigenvalue weighted by atomic mass is 10.1. The van der Waals surface area contributed by atoms with E-state index in [0.717, 1.165) is 0 Å². The molecule has 1 aromatic rings. The summed E-state index contributed by atoms with van der Waals surface area (Å²) in [4.78, 5) is 24.5. The summed E-state index contributed by atoms with van der Waals surface area (Å²) in [5, 5.41) is 9.08. The van der Waals surface area contributed by atoms with Crippen LogP contribution in [0.4, 0.5) is 5.69 Å². The maximum Gasteiger partial charge on any atom is 0.227 e. The van der Waals surface area contributed by atoms with Crippen LogP contribution in [0.5, 0.6) is 5.75 Å². The summed E-state index contributed by atoms with van der Waals surface area (Å²) >= 11 is 0. The zero-order valence-electron chi connectivity index (χ0n) is 10.4. The topological polar surface area (TPSA) is 96.4 Å². The van der Waals surface area contributed by atoms with Gasteiger partial charge in [0.1, 0.15) is 11.8 Å². The second kappa shape index (κ2) is 4.98. The van der Waals surface area contributed by atoms with Crippen molar-refractivity contribution in [2.24, 2.45) is 11.7 Å². The molecule has 2 rings (SSSR count). The fourth-order valence-corrected chi connectivity index (χ4v) is 2.09. The third-order valence-corrected chi connectivity index (χ3v) is 3.14. The number of carbonyl (C=O) groups excluding carboxylic acids is 2. The molecule has 6 heteroatoms. The van der Waals surface area contributed by atoms with Gasteiger partial charge in [0.2, 0.25) is 11.8 Å². The van der Waals surface area contributed by atoms with Crippen LogP contribution in [0, 0.1) is 17.2 Å². The Balaban J connectivity index is 2.39. The quantitative estimate of drug-likeness (QED) is 0.849. The van der Waals surface area contributed by atoms with Crippen LogP contribution < -0.4 is 15.4 Å². The van der Waals surface area contributed by atoms with Crippen LogP contribution >= 0.6 is 0 Å². The van der Waals surface area contributed by atoms with Crippen molar-refractivity contribution in [2.45, 2.75) is 6.42 Å². The SMILES string of the molecule is COc1ccc(C#N)c(N2CC(C(N)=O)CC2=O)c1. The number of nitrogens with zero attached hydrogens (tertiary/aromatic N) is 2. The second-order valence-electron chi connectivity index (χ2n) is 4.30. The monoisotopic (exact) mass is 259 g/mol. The molecular formula is C13H13N3O3. The number of ether oxygens (including phenoxy) is 1. The highest BCUT2D eigenvalue weighted by Gasteiger charge is 2.35. The minimum Gasteiger partial charge on any atom is -0.497 e. The van der Waals surface area contributed by atoms with E-state index in [1.807, 2.05) is 6.07 Å². The molecule has 0 aliphatic carbocycles. The van der Waals surface area contributed by atoms with Gasteiger partial charge in [0.15, 0.2) is 0 Å². The molecule has 1 atom stereocenters. The van der Waals surface area contributed by atoms with Crippen molar-refractivity contribution in [3.63, 3.8) is 0 Å². The fraction of sp³-hybridized carbons (Fsp3) is 0.308. The summed E-state index contributed by atoms with van der Waals surface area (Å²) in [5.41, 5.74) is 6.03. The van der Waals surface area contributed by atoms with Gasteiger partial charge in [-0.05, 0) is 12.1 Å². The summed E-state index contributed by atoms with van der Waals surface area (Å²) < 4.78 is 5.08. The van der Waals surface area contributed by atoms with Gasteiger partial charge in [-0.2, -0.15) is 5.26 Å². The first-order valence-electron chi connectivity index (χ1n) is 5.74. The number of methoxy groups -OCH3 is 1. The van der Waals surface area contributed by atoms with E-state index in [9.17, 15) is 9.59 Å². The first-order valence-corrected chi connectivity index (χ1v) is 5.74. The number of anilines is 1. The molecule has 1 aromatic carbocycles. The number of benzene rings is 1. The van der Waals surface area contributed by atoms with Crippen molar-refractivity contribution in [1.29, 1.82) is 5.26 Å². The smallest absolute Gasteiger partial charge is 0.227 e. The predicted octanol–water partition coefficient (Wildman–Crippen LogP) is 0.405. The summed E-state index contributed by atoms with van der Waals surface area (Å²) in [7, 11) is 1.50. The van der Waals surface area contributed by atoms with Gasteiger partial charge >= 0.3 is 0 Å². The Morgan fingerprint density at radius 2 is 2.32 bits per heavy atom. The van der Waals surface area contributed by atoms with Gasteiger partial charge in [-0.25, -0.2) is 0 Å². The minimum atomic E-state index is -0.509. The van der Waals surface area contributed by atoms with Crippen LogP contribution in [0.15, 0.2) is 18.2 Å². The average Bonchev–Trinajstić information content (AvgIpc) is 2.80. The first kappa shape index (κ1) is 12.9. The molecule has 2 amide bonds. The van der Waals surface area contributed by atoms with E-state index < -0.39 is 11.8 Å². The predicted molar refractivity (Wildman–Crippen MR) is 67.4 cm³/mol. The summed E-state index contributed by atoms with van der Waals surface area (Å²) in [6.45, 7) is 0.204. The molecule has 19 heavy (non-hydrogen) atoms. The number of rotatable bonds is 3. The number of nitriles is 1. The van der Waals surface area contributed by atoms with Gasteiger partial charge < -0.3 is 15.4 Å². The molecule has 1 fully saturated rings. The Morgan fingerprint density at radius 1 is 1.58 bits per heavy atom. The summed E-state index contributed by atoms with van der Waals surface area (Å²) in [5.74, 6) is -0.680. The van der Waals surface area contributed by atoms with Crippen molar-refractivity contribution in [1.82, 2.24) is 0 Å². The standard InChI is InChI=1S/C13H13N3O3/c1-19-10-3-2-8(6-14)11(5-10)16-7-9(13(15)18)4-12(16)17/h2-3,5,9H,4,7H2,1H3,(H2,15,18). The molecule has 1 aliphatic heterocycles. The minimum absolute atomic E-state index is 0.0808. The zero-order chi connectivity index (χ0) is 14.0. The third-order valence-electron chi connectivity index (χ3n) is 3.14. The molecule has 0 radical (unpaired) electrons. The average molecular weight is 259 g/mol. The van der Waals surface area contributed by atoms with Crippen LogP contribution in [0.1, 0.15) is 12.0 Å². The summed E-state index contributed by atoms with van der Waals surface area (Å²) in [6.07, 6.45) is 0.0808. The molecule has 0 aromatic heterocycles.